The van der Waals surface area contributed by atoms with Gasteiger partial charge in [-0.05, 0) is 38.0 Å². The van der Waals surface area contributed by atoms with Gasteiger partial charge in [-0.2, -0.15) is 0 Å². The first-order chi connectivity index (χ1) is 9.16. The second-order valence-electron chi connectivity index (χ2n) is 4.84. The Kier molecular flexibility index (Phi) is 4.45. The molecule has 100 valence electrons. The molecule has 0 radical (unpaired) electrons. The van der Waals surface area contributed by atoms with Gasteiger partial charge in [-0.25, -0.2) is 0 Å². The van der Waals surface area contributed by atoms with Gasteiger partial charge in [0.2, 0.25) is 0 Å². The smallest absolute Gasteiger partial charge is 0.164 e. The summed E-state index contributed by atoms with van der Waals surface area (Å²) in [5.41, 5.74) is 2.25. The normalized spacial score (nSPS) is 10.5. The first-order valence-corrected chi connectivity index (χ1v) is 6.60. The van der Waals surface area contributed by atoms with E-state index in [1.807, 2.05) is 57.2 Å². The van der Waals surface area contributed by atoms with Crippen molar-refractivity contribution in [3.8, 4) is 11.5 Å². The minimum Gasteiger partial charge on any atom is -0.487 e. The molecule has 0 saturated heterocycles. The van der Waals surface area contributed by atoms with E-state index in [0.29, 0.717) is 6.61 Å². The van der Waals surface area contributed by atoms with Crippen LogP contribution < -0.4 is 9.47 Å². The van der Waals surface area contributed by atoms with E-state index in [1.54, 1.807) is 0 Å². The quantitative estimate of drug-likeness (QED) is 0.791. The Morgan fingerprint density at radius 2 is 1.68 bits per heavy atom. The third-order valence-corrected chi connectivity index (χ3v) is 2.77. The minimum absolute atomic E-state index is 0.139. The van der Waals surface area contributed by atoms with Gasteiger partial charge < -0.3 is 9.47 Å². The molecular formula is C17H20O2. The Bertz CT molecular complexity index is 518. The van der Waals surface area contributed by atoms with Crippen LogP contribution >= 0.6 is 0 Å². The average molecular weight is 256 g/mol. The summed E-state index contributed by atoms with van der Waals surface area (Å²) in [6, 6.07) is 16.1. The van der Waals surface area contributed by atoms with Gasteiger partial charge >= 0.3 is 0 Å². The highest BCUT2D eigenvalue weighted by atomic mass is 16.5. The molecule has 0 aliphatic rings. The van der Waals surface area contributed by atoms with Crippen molar-refractivity contribution in [3.05, 3.63) is 59.7 Å². The van der Waals surface area contributed by atoms with E-state index in [0.717, 1.165) is 22.6 Å². The molecule has 0 atom stereocenters. The molecule has 2 aromatic carbocycles. The molecule has 0 aliphatic carbocycles. The molecule has 0 saturated carbocycles. The van der Waals surface area contributed by atoms with Crippen molar-refractivity contribution in [2.45, 2.75) is 33.5 Å². The van der Waals surface area contributed by atoms with E-state index < -0.39 is 0 Å². The van der Waals surface area contributed by atoms with Crippen LogP contribution in [0.25, 0.3) is 0 Å². The SMILES string of the molecule is Cc1cccc(OCc2ccccc2)c1OC(C)C. The van der Waals surface area contributed by atoms with Gasteiger partial charge in [0.05, 0.1) is 6.10 Å². The molecule has 0 aliphatic heterocycles. The number of rotatable bonds is 5. The Morgan fingerprint density at radius 3 is 2.37 bits per heavy atom. The zero-order valence-electron chi connectivity index (χ0n) is 11.7. The standard InChI is InChI=1S/C17H20O2/c1-13(2)19-17-14(3)8-7-11-16(17)18-12-15-9-5-4-6-10-15/h4-11,13H,12H2,1-3H3. The molecule has 0 bridgehead atoms. The van der Waals surface area contributed by atoms with Gasteiger partial charge in [0.15, 0.2) is 11.5 Å². The fourth-order valence-electron chi connectivity index (χ4n) is 1.86. The van der Waals surface area contributed by atoms with Crippen molar-refractivity contribution < 1.29 is 9.47 Å². The van der Waals surface area contributed by atoms with Crippen LogP contribution in [0.5, 0.6) is 11.5 Å². The fraction of sp³-hybridized carbons (Fsp3) is 0.294. The van der Waals surface area contributed by atoms with Crippen molar-refractivity contribution in [1.82, 2.24) is 0 Å². The molecule has 0 unspecified atom stereocenters. The maximum absolute atomic E-state index is 5.88. The van der Waals surface area contributed by atoms with Crippen molar-refractivity contribution >= 4 is 0 Å². The minimum atomic E-state index is 0.139. The van der Waals surface area contributed by atoms with Gasteiger partial charge in [-0.15, -0.1) is 0 Å². The van der Waals surface area contributed by atoms with Gasteiger partial charge in [-0.1, -0.05) is 42.5 Å². The number of benzene rings is 2. The highest BCUT2D eigenvalue weighted by Crippen LogP contribution is 2.32. The molecule has 0 N–H and O–H groups in total. The van der Waals surface area contributed by atoms with E-state index >= 15 is 0 Å². The summed E-state index contributed by atoms with van der Waals surface area (Å²) in [5, 5.41) is 0. The van der Waals surface area contributed by atoms with Crippen LogP contribution in [-0.4, -0.2) is 6.10 Å². The van der Waals surface area contributed by atoms with Gasteiger partial charge in [0.25, 0.3) is 0 Å². The lowest BCUT2D eigenvalue weighted by Gasteiger charge is -2.17. The van der Waals surface area contributed by atoms with Gasteiger partial charge in [0.1, 0.15) is 6.61 Å². The Hall–Kier alpha value is -1.96. The molecule has 2 rings (SSSR count). The monoisotopic (exact) mass is 256 g/mol. The van der Waals surface area contributed by atoms with Crippen molar-refractivity contribution in [2.24, 2.45) is 0 Å². The van der Waals surface area contributed by atoms with Crippen LogP contribution in [0.15, 0.2) is 48.5 Å². The van der Waals surface area contributed by atoms with Crippen LogP contribution in [0, 0.1) is 6.92 Å². The summed E-state index contributed by atoms with van der Waals surface area (Å²) in [6.07, 6.45) is 0.139. The molecule has 0 spiro atoms. The molecule has 19 heavy (non-hydrogen) atoms. The number of hydrogen-bond donors (Lipinski definition) is 0. The average Bonchev–Trinajstić information content (AvgIpc) is 2.40. The molecule has 0 amide bonds. The summed E-state index contributed by atoms with van der Waals surface area (Å²) >= 11 is 0. The van der Waals surface area contributed by atoms with Crippen LogP contribution in [0.1, 0.15) is 25.0 Å². The second-order valence-corrected chi connectivity index (χ2v) is 4.84. The predicted octanol–water partition coefficient (Wildman–Crippen LogP) is 4.36. The lowest BCUT2D eigenvalue weighted by molar-refractivity contribution is 0.216. The fourth-order valence-corrected chi connectivity index (χ4v) is 1.86. The summed E-state index contributed by atoms with van der Waals surface area (Å²) in [6.45, 7) is 6.63. The van der Waals surface area contributed by atoms with Crippen LogP contribution in [-0.2, 0) is 6.61 Å². The molecule has 0 fully saturated rings. The molecule has 2 heteroatoms. The first kappa shape index (κ1) is 13.5. The maximum Gasteiger partial charge on any atom is 0.164 e. The summed E-state index contributed by atoms with van der Waals surface area (Å²) in [5.74, 6) is 1.64. The van der Waals surface area contributed by atoms with E-state index in [1.165, 1.54) is 0 Å². The molecule has 0 heterocycles. The van der Waals surface area contributed by atoms with E-state index in [4.69, 9.17) is 9.47 Å². The van der Waals surface area contributed by atoms with Gasteiger partial charge in [0, 0.05) is 0 Å². The predicted molar refractivity (Wildman–Crippen MR) is 77.7 cm³/mol. The zero-order valence-corrected chi connectivity index (χ0v) is 11.7. The third-order valence-electron chi connectivity index (χ3n) is 2.77. The molecule has 2 nitrogen and oxygen atoms in total. The molecular weight excluding hydrogens is 236 g/mol. The number of ether oxygens (including phenoxy) is 2. The lowest BCUT2D eigenvalue weighted by Crippen LogP contribution is -2.08. The van der Waals surface area contributed by atoms with Gasteiger partial charge in [-0.3, -0.25) is 0 Å². The van der Waals surface area contributed by atoms with Crippen molar-refractivity contribution in [1.29, 1.82) is 0 Å². The highest BCUT2D eigenvalue weighted by Gasteiger charge is 2.10. The van der Waals surface area contributed by atoms with Crippen LogP contribution in [0.3, 0.4) is 0 Å². The third kappa shape index (κ3) is 3.75. The Labute approximate surface area is 115 Å². The second kappa shape index (κ2) is 6.28. The van der Waals surface area contributed by atoms with E-state index in [9.17, 15) is 0 Å². The Morgan fingerprint density at radius 1 is 0.947 bits per heavy atom. The van der Waals surface area contributed by atoms with Crippen molar-refractivity contribution in [2.75, 3.05) is 0 Å². The maximum atomic E-state index is 5.88. The summed E-state index contributed by atoms with van der Waals surface area (Å²) < 4.78 is 11.7. The number of para-hydroxylation sites is 1. The highest BCUT2D eigenvalue weighted by molar-refractivity contribution is 5.46. The number of hydrogen-bond acceptors (Lipinski definition) is 2. The van der Waals surface area contributed by atoms with E-state index in [2.05, 4.69) is 12.1 Å². The zero-order chi connectivity index (χ0) is 13.7. The topological polar surface area (TPSA) is 18.5 Å². The van der Waals surface area contributed by atoms with Crippen LogP contribution in [0.2, 0.25) is 0 Å². The summed E-state index contributed by atoms with van der Waals surface area (Å²) in [7, 11) is 0. The van der Waals surface area contributed by atoms with E-state index in [-0.39, 0.29) is 6.10 Å². The molecule has 2 aromatic rings. The van der Waals surface area contributed by atoms with Crippen LogP contribution in [0.4, 0.5) is 0 Å². The van der Waals surface area contributed by atoms with Crippen molar-refractivity contribution in [3.63, 3.8) is 0 Å². The largest absolute Gasteiger partial charge is 0.487 e. The summed E-state index contributed by atoms with van der Waals surface area (Å²) in [4.78, 5) is 0. The lowest BCUT2D eigenvalue weighted by atomic mass is 10.2. The Balaban J connectivity index is 2.13. The number of aryl methyl sites for hydroxylation is 1. The first-order valence-electron chi connectivity index (χ1n) is 6.60. The molecule has 0 aromatic heterocycles.